The predicted octanol–water partition coefficient (Wildman–Crippen LogP) is 1.79. The number of carbonyl (C=O) groups is 1. The Morgan fingerprint density at radius 3 is 2.56 bits per heavy atom. The highest BCUT2D eigenvalue weighted by atomic mass is 19.1. The largest absolute Gasteiger partial charge is 0.316 e. The summed E-state index contributed by atoms with van der Waals surface area (Å²) < 4.78 is 12.7. The number of nitrogens with one attached hydrogen (secondary N) is 1. The van der Waals surface area contributed by atoms with Crippen LogP contribution in [0.1, 0.15) is 12.5 Å². The first-order valence-electron chi connectivity index (χ1n) is 5.64. The summed E-state index contributed by atoms with van der Waals surface area (Å²) >= 11 is 0. The molecule has 0 bridgehead atoms. The fraction of sp³-hybridized carbons (Fsp3) is 0.462. The molecule has 1 N–H and O–H groups in total. The molecule has 1 heterocycles. The van der Waals surface area contributed by atoms with Crippen molar-refractivity contribution in [3.8, 4) is 0 Å². The van der Waals surface area contributed by atoms with Crippen molar-refractivity contribution in [1.82, 2.24) is 5.32 Å². The van der Waals surface area contributed by atoms with E-state index >= 15 is 0 Å². The van der Waals surface area contributed by atoms with Crippen LogP contribution in [0, 0.1) is 17.7 Å². The van der Waals surface area contributed by atoms with Crippen molar-refractivity contribution in [1.29, 1.82) is 0 Å². The molecule has 1 aliphatic heterocycles. The molecule has 2 rings (SSSR count). The summed E-state index contributed by atoms with van der Waals surface area (Å²) in [5.41, 5.74) is 0.894. The van der Waals surface area contributed by atoms with Crippen molar-refractivity contribution >= 4 is 5.78 Å². The fourth-order valence-electron chi connectivity index (χ4n) is 1.89. The summed E-state index contributed by atoms with van der Waals surface area (Å²) in [6.45, 7) is 3.87. The van der Waals surface area contributed by atoms with E-state index < -0.39 is 0 Å². The van der Waals surface area contributed by atoms with Crippen LogP contribution < -0.4 is 5.32 Å². The minimum Gasteiger partial charge on any atom is -0.316 e. The molecule has 0 spiro atoms. The number of hydrogen-bond acceptors (Lipinski definition) is 2. The third-order valence-corrected chi connectivity index (χ3v) is 3.32. The van der Waals surface area contributed by atoms with Gasteiger partial charge in [-0.1, -0.05) is 19.1 Å². The molecular weight excluding hydrogens is 205 g/mol. The van der Waals surface area contributed by atoms with E-state index in [9.17, 15) is 9.18 Å². The highest BCUT2D eigenvalue weighted by Gasteiger charge is 2.28. The molecule has 1 aromatic carbocycles. The molecule has 1 unspecified atom stereocenters. The van der Waals surface area contributed by atoms with Gasteiger partial charge in [0.1, 0.15) is 11.6 Å². The predicted molar refractivity (Wildman–Crippen MR) is 60.6 cm³/mol. The zero-order valence-corrected chi connectivity index (χ0v) is 9.37. The zero-order valence-electron chi connectivity index (χ0n) is 9.37. The fourth-order valence-corrected chi connectivity index (χ4v) is 1.89. The normalized spacial score (nSPS) is 17.9. The Labute approximate surface area is 94.9 Å². The third-order valence-electron chi connectivity index (χ3n) is 3.32. The van der Waals surface area contributed by atoms with E-state index in [0.29, 0.717) is 12.3 Å². The van der Waals surface area contributed by atoms with E-state index in [-0.39, 0.29) is 17.5 Å². The standard InChI is InChI=1S/C13H16FNO/c1-9(11-7-15-8-11)13(16)6-10-2-4-12(14)5-3-10/h2-5,9,11,15H,6-8H2,1H3. The molecule has 0 saturated carbocycles. The second-order valence-corrected chi connectivity index (χ2v) is 4.48. The van der Waals surface area contributed by atoms with E-state index in [1.807, 2.05) is 6.92 Å². The van der Waals surface area contributed by atoms with Crippen LogP contribution in [0.3, 0.4) is 0 Å². The van der Waals surface area contributed by atoms with Gasteiger partial charge in [0.15, 0.2) is 0 Å². The van der Waals surface area contributed by atoms with Crippen molar-refractivity contribution in [3.05, 3.63) is 35.6 Å². The topological polar surface area (TPSA) is 29.1 Å². The van der Waals surface area contributed by atoms with Gasteiger partial charge in [-0.25, -0.2) is 4.39 Å². The van der Waals surface area contributed by atoms with Gasteiger partial charge in [-0.3, -0.25) is 4.79 Å². The lowest BCUT2D eigenvalue weighted by molar-refractivity contribution is -0.123. The molecule has 3 heteroatoms. The molecule has 1 aliphatic rings. The van der Waals surface area contributed by atoms with Crippen molar-refractivity contribution in [2.24, 2.45) is 11.8 Å². The Morgan fingerprint density at radius 1 is 1.44 bits per heavy atom. The summed E-state index contributed by atoms with van der Waals surface area (Å²) in [7, 11) is 0. The summed E-state index contributed by atoms with van der Waals surface area (Å²) in [5.74, 6) is 0.574. The van der Waals surface area contributed by atoms with Crippen LogP contribution in [0.2, 0.25) is 0 Å². The van der Waals surface area contributed by atoms with Gasteiger partial charge in [-0.05, 0) is 36.7 Å². The lowest BCUT2D eigenvalue weighted by Gasteiger charge is -2.31. The maximum atomic E-state index is 12.7. The van der Waals surface area contributed by atoms with E-state index in [1.54, 1.807) is 12.1 Å². The van der Waals surface area contributed by atoms with Gasteiger partial charge in [-0.2, -0.15) is 0 Å². The summed E-state index contributed by atoms with van der Waals surface area (Å²) in [5, 5.41) is 3.17. The smallest absolute Gasteiger partial charge is 0.140 e. The van der Waals surface area contributed by atoms with Gasteiger partial charge in [0, 0.05) is 12.3 Å². The highest BCUT2D eigenvalue weighted by Crippen LogP contribution is 2.18. The van der Waals surface area contributed by atoms with E-state index in [4.69, 9.17) is 0 Å². The Morgan fingerprint density at radius 2 is 2.06 bits per heavy atom. The quantitative estimate of drug-likeness (QED) is 0.840. The van der Waals surface area contributed by atoms with Crippen LogP contribution in [0.15, 0.2) is 24.3 Å². The lowest BCUT2D eigenvalue weighted by Crippen LogP contribution is -2.47. The second kappa shape index (κ2) is 4.74. The monoisotopic (exact) mass is 221 g/mol. The van der Waals surface area contributed by atoms with Crippen LogP contribution in [0.25, 0.3) is 0 Å². The van der Waals surface area contributed by atoms with Gasteiger partial charge < -0.3 is 5.32 Å². The molecule has 1 fully saturated rings. The SMILES string of the molecule is CC(C(=O)Cc1ccc(F)cc1)C1CNC1. The van der Waals surface area contributed by atoms with Crippen molar-refractivity contribution in [2.75, 3.05) is 13.1 Å². The van der Waals surface area contributed by atoms with Gasteiger partial charge in [0.2, 0.25) is 0 Å². The summed E-state index contributed by atoms with van der Waals surface area (Å²) in [6.07, 6.45) is 0.415. The van der Waals surface area contributed by atoms with Crippen LogP contribution in [0.5, 0.6) is 0 Å². The molecule has 0 aromatic heterocycles. The average molecular weight is 221 g/mol. The average Bonchev–Trinajstić information content (AvgIpc) is 2.19. The number of rotatable bonds is 4. The number of ketones is 1. The Hall–Kier alpha value is -1.22. The molecular formula is C13H16FNO. The Balaban J connectivity index is 1.93. The van der Waals surface area contributed by atoms with Gasteiger partial charge >= 0.3 is 0 Å². The molecule has 0 aliphatic carbocycles. The van der Waals surface area contributed by atoms with Crippen LogP contribution in [-0.2, 0) is 11.2 Å². The lowest BCUT2D eigenvalue weighted by atomic mass is 9.84. The Bertz CT molecular complexity index is 370. The van der Waals surface area contributed by atoms with E-state index in [0.717, 1.165) is 18.7 Å². The number of hydrogen-bond donors (Lipinski definition) is 1. The van der Waals surface area contributed by atoms with Crippen molar-refractivity contribution in [3.63, 3.8) is 0 Å². The number of benzene rings is 1. The van der Waals surface area contributed by atoms with Crippen molar-refractivity contribution in [2.45, 2.75) is 13.3 Å². The molecule has 86 valence electrons. The van der Waals surface area contributed by atoms with Crippen molar-refractivity contribution < 1.29 is 9.18 Å². The highest BCUT2D eigenvalue weighted by molar-refractivity contribution is 5.83. The maximum Gasteiger partial charge on any atom is 0.140 e. The zero-order chi connectivity index (χ0) is 11.5. The molecule has 16 heavy (non-hydrogen) atoms. The van der Waals surface area contributed by atoms with Gasteiger partial charge in [0.25, 0.3) is 0 Å². The Kier molecular flexibility index (Phi) is 3.34. The van der Waals surface area contributed by atoms with Crippen LogP contribution in [-0.4, -0.2) is 18.9 Å². The number of carbonyl (C=O) groups excluding carboxylic acids is 1. The first kappa shape index (κ1) is 11.3. The minimum absolute atomic E-state index is 0.103. The van der Waals surface area contributed by atoms with Gasteiger partial charge in [-0.15, -0.1) is 0 Å². The van der Waals surface area contributed by atoms with E-state index in [1.165, 1.54) is 12.1 Å². The summed E-state index contributed by atoms with van der Waals surface area (Å²) in [6, 6.07) is 6.16. The maximum absolute atomic E-state index is 12.7. The van der Waals surface area contributed by atoms with Gasteiger partial charge in [0.05, 0.1) is 0 Å². The number of Topliss-reactive ketones (excluding diaryl/α,β-unsaturated/α-hetero) is 1. The first-order chi connectivity index (χ1) is 7.66. The van der Waals surface area contributed by atoms with E-state index in [2.05, 4.69) is 5.32 Å². The molecule has 2 nitrogen and oxygen atoms in total. The second-order valence-electron chi connectivity index (χ2n) is 4.48. The first-order valence-corrected chi connectivity index (χ1v) is 5.64. The molecule has 1 saturated heterocycles. The molecule has 0 radical (unpaired) electrons. The van der Waals surface area contributed by atoms with Crippen LogP contribution >= 0.6 is 0 Å². The molecule has 0 amide bonds. The molecule has 1 atom stereocenters. The summed E-state index contributed by atoms with van der Waals surface area (Å²) in [4.78, 5) is 11.9. The third kappa shape index (κ3) is 2.47. The molecule has 1 aromatic rings. The number of halogens is 1. The van der Waals surface area contributed by atoms with Crippen LogP contribution in [0.4, 0.5) is 4.39 Å². The minimum atomic E-state index is -0.257.